The minimum atomic E-state index is -0.207. The molecule has 1 atom stereocenters. The fourth-order valence-electron chi connectivity index (χ4n) is 2.17. The highest BCUT2D eigenvalue weighted by atomic mass is 79.9. The van der Waals surface area contributed by atoms with Crippen LogP contribution in [0.15, 0.2) is 22.7 Å². The van der Waals surface area contributed by atoms with E-state index in [-0.39, 0.29) is 11.9 Å². The maximum Gasteiger partial charge on any atom is 0.124 e. The number of methoxy groups -OCH3 is 1. The molecule has 1 saturated heterocycles. The highest BCUT2D eigenvalue weighted by Crippen LogP contribution is 2.17. The minimum Gasteiger partial charge on any atom is -0.382 e. The van der Waals surface area contributed by atoms with Gasteiger partial charge in [0.2, 0.25) is 0 Å². The molecule has 5 heteroatoms. The van der Waals surface area contributed by atoms with Crippen molar-refractivity contribution in [3.05, 3.63) is 34.1 Å². The predicted octanol–water partition coefficient (Wildman–Crippen LogP) is 2.44. The van der Waals surface area contributed by atoms with E-state index in [1.54, 1.807) is 13.2 Å². The SMILES string of the molecule is COCC1CN(Cc2cc(F)cc(Br)c2)CCO1. The average Bonchev–Trinajstić information content (AvgIpc) is 2.28. The molecule has 0 aliphatic carbocycles. The van der Waals surface area contributed by atoms with E-state index in [9.17, 15) is 4.39 Å². The van der Waals surface area contributed by atoms with Crippen molar-refractivity contribution in [3.63, 3.8) is 0 Å². The number of rotatable bonds is 4. The van der Waals surface area contributed by atoms with Crippen LogP contribution in [0.4, 0.5) is 4.39 Å². The van der Waals surface area contributed by atoms with Gasteiger partial charge in [0, 0.05) is 31.2 Å². The topological polar surface area (TPSA) is 21.7 Å². The molecular weight excluding hydrogens is 301 g/mol. The van der Waals surface area contributed by atoms with Crippen LogP contribution in [0.1, 0.15) is 5.56 Å². The van der Waals surface area contributed by atoms with Crippen LogP contribution in [0.3, 0.4) is 0 Å². The van der Waals surface area contributed by atoms with Crippen molar-refractivity contribution >= 4 is 15.9 Å². The number of hydrogen-bond donors (Lipinski definition) is 0. The Morgan fingerprint density at radius 1 is 1.50 bits per heavy atom. The van der Waals surface area contributed by atoms with Crippen LogP contribution in [0.5, 0.6) is 0 Å². The van der Waals surface area contributed by atoms with Gasteiger partial charge in [0.1, 0.15) is 5.82 Å². The number of hydrogen-bond acceptors (Lipinski definition) is 3. The molecule has 1 aliphatic rings. The van der Waals surface area contributed by atoms with Crippen LogP contribution in [0.25, 0.3) is 0 Å². The summed E-state index contributed by atoms with van der Waals surface area (Å²) in [6.07, 6.45) is 0.112. The molecule has 1 fully saturated rings. The van der Waals surface area contributed by atoms with Crippen molar-refractivity contribution in [2.75, 3.05) is 33.4 Å². The van der Waals surface area contributed by atoms with Crippen LogP contribution < -0.4 is 0 Å². The number of halogens is 2. The van der Waals surface area contributed by atoms with Crippen molar-refractivity contribution in [2.45, 2.75) is 12.6 Å². The highest BCUT2D eigenvalue weighted by Gasteiger charge is 2.20. The smallest absolute Gasteiger partial charge is 0.124 e. The lowest BCUT2D eigenvalue weighted by Crippen LogP contribution is -2.43. The quantitative estimate of drug-likeness (QED) is 0.851. The molecule has 0 radical (unpaired) electrons. The molecular formula is C13H17BrFNO2. The molecule has 0 spiro atoms. The molecule has 0 amide bonds. The van der Waals surface area contributed by atoms with Gasteiger partial charge < -0.3 is 9.47 Å². The summed E-state index contributed by atoms with van der Waals surface area (Å²) in [5, 5.41) is 0. The first kappa shape index (κ1) is 13.9. The van der Waals surface area contributed by atoms with Gasteiger partial charge in [-0.25, -0.2) is 4.39 Å². The highest BCUT2D eigenvalue weighted by molar-refractivity contribution is 9.10. The first-order chi connectivity index (χ1) is 8.67. The Kier molecular flexibility index (Phi) is 5.12. The molecule has 1 aliphatic heterocycles. The summed E-state index contributed by atoms with van der Waals surface area (Å²) in [5.41, 5.74) is 0.972. The number of benzene rings is 1. The van der Waals surface area contributed by atoms with Gasteiger partial charge in [-0.05, 0) is 23.8 Å². The fourth-order valence-corrected chi connectivity index (χ4v) is 2.68. The fraction of sp³-hybridized carbons (Fsp3) is 0.538. The largest absolute Gasteiger partial charge is 0.382 e. The third kappa shape index (κ3) is 4.02. The number of nitrogens with zero attached hydrogens (tertiary/aromatic N) is 1. The van der Waals surface area contributed by atoms with Gasteiger partial charge in [0.15, 0.2) is 0 Å². The van der Waals surface area contributed by atoms with Gasteiger partial charge in [0.05, 0.1) is 19.3 Å². The molecule has 1 aromatic rings. The van der Waals surface area contributed by atoms with Crippen molar-refractivity contribution in [1.29, 1.82) is 0 Å². The molecule has 100 valence electrons. The van der Waals surface area contributed by atoms with E-state index in [2.05, 4.69) is 20.8 Å². The Balaban J connectivity index is 1.95. The minimum absolute atomic E-state index is 0.112. The Labute approximate surface area is 115 Å². The molecule has 1 unspecified atom stereocenters. The van der Waals surface area contributed by atoms with Crippen molar-refractivity contribution in [3.8, 4) is 0 Å². The van der Waals surface area contributed by atoms with Crippen LogP contribution >= 0.6 is 15.9 Å². The zero-order chi connectivity index (χ0) is 13.0. The lowest BCUT2D eigenvalue weighted by Gasteiger charge is -2.32. The van der Waals surface area contributed by atoms with E-state index < -0.39 is 0 Å². The summed E-state index contributed by atoms with van der Waals surface area (Å²) in [6, 6.07) is 4.99. The summed E-state index contributed by atoms with van der Waals surface area (Å²) in [5.74, 6) is -0.207. The molecule has 0 aromatic heterocycles. The molecule has 0 N–H and O–H groups in total. The molecule has 0 saturated carbocycles. The average molecular weight is 318 g/mol. The Bertz CT molecular complexity index is 380. The molecule has 0 bridgehead atoms. The van der Waals surface area contributed by atoms with Crippen molar-refractivity contribution in [1.82, 2.24) is 4.90 Å². The standard InChI is InChI=1S/C13H17BrFNO2/c1-17-9-13-8-16(2-3-18-13)7-10-4-11(14)6-12(15)5-10/h4-6,13H,2-3,7-9H2,1H3. The lowest BCUT2D eigenvalue weighted by molar-refractivity contribution is -0.0631. The second kappa shape index (κ2) is 6.61. The molecule has 1 aromatic carbocycles. The molecule has 2 rings (SSSR count). The third-order valence-electron chi connectivity index (χ3n) is 2.90. The van der Waals surface area contributed by atoms with E-state index in [4.69, 9.17) is 9.47 Å². The summed E-state index contributed by atoms with van der Waals surface area (Å²) in [6.45, 7) is 3.73. The Hall–Kier alpha value is -0.490. The van der Waals surface area contributed by atoms with Gasteiger partial charge in [0.25, 0.3) is 0 Å². The van der Waals surface area contributed by atoms with E-state index >= 15 is 0 Å². The summed E-state index contributed by atoms with van der Waals surface area (Å²) >= 11 is 3.31. The van der Waals surface area contributed by atoms with E-state index in [1.165, 1.54) is 6.07 Å². The zero-order valence-electron chi connectivity index (χ0n) is 10.4. The first-order valence-corrected chi connectivity index (χ1v) is 6.74. The van der Waals surface area contributed by atoms with Crippen LogP contribution in [-0.4, -0.2) is 44.4 Å². The van der Waals surface area contributed by atoms with Crippen molar-refractivity contribution < 1.29 is 13.9 Å². The Morgan fingerprint density at radius 3 is 3.06 bits per heavy atom. The van der Waals surface area contributed by atoms with Gasteiger partial charge in [-0.2, -0.15) is 0 Å². The van der Waals surface area contributed by atoms with E-state index in [0.717, 1.165) is 29.7 Å². The number of ether oxygens (including phenoxy) is 2. The maximum atomic E-state index is 13.3. The molecule has 18 heavy (non-hydrogen) atoms. The van der Waals surface area contributed by atoms with E-state index in [0.29, 0.717) is 13.2 Å². The van der Waals surface area contributed by atoms with Crippen LogP contribution in [0, 0.1) is 5.82 Å². The second-order valence-electron chi connectivity index (χ2n) is 4.46. The number of morpholine rings is 1. The monoisotopic (exact) mass is 317 g/mol. The predicted molar refractivity (Wildman–Crippen MR) is 71.0 cm³/mol. The van der Waals surface area contributed by atoms with E-state index in [1.807, 2.05) is 6.07 Å². The first-order valence-electron chi connectivity index (χ1n) is 5.95. The maximum absolute atomic E-state index is 13.3. The van der Waals surface area contributed by atoms with Gasteiger partial charge in [-0.1, -0.05) is 15.9 Å². The normalized spacial score (nSPS) is 21.2. The second-order valence-corrected chi connectivity index (χ2v) is 5.38. The van der Waals surface area contributed by atoms with Crippen molar-refractivity contribution in [2.24, 2.45) is 0 Å². The van der Waals surface area contributed by atoms with Gasteiger partial charge >= 0.3 is 0 Å². The summed E-state index contributed by atoms with van der Waals surface area (Å²) in [4.78, 5) is 2.26. The van der Waals surface area contributed by atoms with Gasteiger partial charge in [-0.3, -0.25) is 4.90 Å². The summed E-state index contributed by atoms with van der Waals surface area (Å²) < 4.78 is 24.7. The summed E-state index contributed by atoms with van der Waals surface area (Å²) in [7, 11) is 1.67. The third-order valence-corrected chi connectivity index (χ3v) is 3.36. The molecule has 1 heterocycles. The van der Waals surface area contributed by atoms with Gasteiger partial charge in [-0.15, -0.1) is 0 Å². The Morgan fingerprint density at radius 2 is 2.33 bits per heavy atom. The van der Waals surface area contributed by atoms with Crippen LogP contribution in [-0.2, 0) is 16.0 Å². The molecule has 3 nitrogen and oxygen atoms in total. The lowest BCUT2D eigenvalue weighted by atomic mass is 10.2. The zero-order valence-corrected chi connectivity index (χ0v) is 12.0. The van der Waals surface area contributed by atoms with Crippen LogP contribution in [0.2, 0.25) is 0 Å².